The summed E-state index contributed by atoms with van der Waals surface area (Å²) in [4.78, 5) is 28.9. The number of hydrogen-bond acceptors (Lipinski definition) is 6. The number of nitriles is 1. The molecule has 43 heavy (non-hydrogen) atoms. The zero-order chi connectivity index (χ0) is 30.1. The van der Waals surface area contributed by atoms with E-state index in [1.807, 2.05) is 31.2 Å². The van der Waals surface area contributed by atoms with Gasteiger partial charge in [0.1, 0.15) is 0 Å². The van der Waals surface area contributed by atoms with Crippen molar-refractivity contribution in [3.63, 3.8) is 0 Å². The summed E-state index contributed by atoms with van der Waals surface area (Å²) in [6, 6.07) is 23.8. The lowest BCUT2D eigenvalue weighted by Gasteiger charge is -2.24. The van der Waals surface area contributed by atoms with E-state index < -0.39 is 11.9 Å². The molecule has 0 saturated carbocycles. The van der Waals surface area contributed by atoms with Gasteiger partial charge in [0.15, 0.2) is 11.5 Å². The number of fused-ring (bicyclic) bond motifs is 2. The second kappa shape index (κ2) is 12.0. The van der Waals surface area contributed by atoms with Crippen molar-refractivity contribution in [2.75, 3.05) is 20.1 Å². The second-order valence-corrected chi connectivity index (χ2v) is 11.7. The van der Waals surface area contributed by atoms with Gasteiger partial charge in [0.2, 0.25) is 0 Å². The summed E-state index contributed by atoms with van der Waals surface area (Å²) in [5, 5.41) is 9.42. The normalized spacial score (nSPS) is 16.0. The van der Waals surface area contributed by atoms with E-state index in [9.17, 15) is 9.59 Å². The van der Waals surface area contributed by atoms with Gasteiger partial charge in [0, 0.05) is 19.0 Å². The zero-order valence-electron chi connectivity index (χ0n) is 24.2. The molecule has 6 nitrogen and oxygen atoms in total. The predicted molar refractivity (Wildman–Crippen MR) is 165 cm³/mol. The molecule has 0 bridgehead atoms. The third-order valence-electron chi connectivity index (χ3n) is 8.40. The molecule has 216 valence electrons. The molecule has 0 N–H and O–H groups in total. The van der Waals surface area contributed by atoms with E-state index in [2.05, 4.69) is 30.1 Å². The highest BCUT2D eigenvalue weighted by Crippen LogP contribution is 2.46. The van der Waals surface area contributed by atoms with Gasteiger partial charge >= 0.3 is 11.9 Å². The number of nitrogens with zero attached hydrogens (tertiary/aromatic N) is 2. The van der Waals surface area contributed by atoms with Crippen molar-refractivity contribution in [2.45, 2.75) is 38.5 Å². The first-order valence-corrected chi connectivity index (χ1v) is 14.8. The number of carbonyl (C=O) groups is 2. The largest absolute Gasteiger partial charge is 0.419 e. The van der Waals surface area contributed by atoms with Gasteiger partial charge in [0.25, 0.3) is 0 Å². The monoisotopic (exact) mass is 590 g/mol. The minimum atomic E-state index is -0.645. The predicted octanol–water partition coefficient (Wildman–Crippen LogP) is 7.07. The van der Waals surface area contributed by atoms with Crippen molar-refractivity contribution >= 4 is 23.5 Å². The lowest BCUT2D eigenvalue weighted by atomic mass is 9.86. The van der Waals surface area contributed by atoms with Gasteiger partial charge in [-0.3, -0.25) is 0 Å². The van der Waals surface area contributed by atoms with Crippen LogP contribution in [0.3, 0.4) is 0 Å². The Morgan fingerprint density at radius 1 is 0.884 bits per heavy atom. The van der Waals surface area contributed by atoms with Crippen molar-refractivity contribution in [2.24, 2.45) is 0 Å². The molecule has 2 aliphatic rings. The molecule has 0 spiro atoms. The van der Waals surface area contributed by atoms with Crippen LogP contribution in [0.5, 0.6) is 11.5 Å². The molecule has 7 heteroatoms. The van der Waals surface area contributed by atoms with Gasteiger partial charge in [-0.05, 0) is 110 Å². The van der Waals surface area contributed by atoms with E-state index in [1.54, 1.807) is 24.3 Å². The van der Waals surface area contributed by atoms with Crippen molar-refractivity contribution in [1.82, 2.24) is 4.90 Å². The Morgan fingerprint density at radius 2 is 1.56 bits per heavy atom. The summed E-state index contributed by atoms with van der Waals surface area (Å²) in [6.07, 6.45) is 3.98. The smallest absolute Gasteiger partial charge is 0.343 e. The van der Waals surface area contributed by atoms with Crippen molar-refractivity contribution in [3.05, 3.63) is 128 Å². The van der Waals surface area contributed by atoms with Crippen LogP contribution in [0, 0.1) is 18.3 Å². The van der Waals surface area contributed by atoms with Gasteiger partial charge in [-0.1, -0.05) is 47.5 Å². The van der Waals surface area contributed by atoms with E-state index in [-0.39, 0.29) is 28.0 Å². The summed E-state index contributed by atoms with van der Waals surface area (Å²) in [5.74, 6) is -1.17. The first-order chi connectivity index (χ1) is 20.8. The van der Waals surface area contributed by atoms with Gasteiger partial charge in [-0.15, -0.1) is 0 Å². The van der Waals surface area contributed by atoms with Crippen LogP contribution in [0.25, 0.3) is 0 Å². The van der Waals surface area contributed by atoms with Crippen LogP contribution >= 0.6 is 11.6 Å². The number of benzene rings is 4. The molecule has 0 radical (unpaired) electrons. The molecule has 1 atom stereocenters. The molecule has 0 amide bonds. The molecule has 0 fully saturated rings. The highest BCUT2D eigenvalue weighted by molar-refractivity contribution is 6.33. The standard InChI is InChI=1S/C36H31ClN2O4/c1-22-6-10-25(11-7-22)36(41)43-34-32(42-35(40)26-12-8-23(20-38)9-13-26)19-30-29(33(34)37)16-17-39(2)21-31(30)28-15-14-24-4-3-5-27(24)18-28/h6-15,18-19,31H,3-5,16-17,21H2,1-2H3. The third kappa shape index (κ3) is 5.92. The van der Waals surface area contributed by atoms with E-state index >= 15 is 0 Å². The molecular formula is C36H31ClN2O4. The Hall–Kier alpha value is -4.44. The van der Waals surface area contributed by atoms with Gasteiger partial charge < -0.3 is 14.4 Å². The Bertz CT molecular complexity index is 1760. The number of hydrogen-bond donors (Lipinski definition) is 0. The minimum absolute atomic E-state index is 0.0187. The van der Waals surface area contributed by atoms with E-state index in [0.717, 1.165) is 49.0 Å². The number of halogens is 1. The molecule has 4 aromatic rings. The first-order valence-electron chi connectivity index (χ1n) is 14.5. The lowest BCUT2D eigenvalue weighted by Crippen LogP contribution is -2.24. The van der Waals surface area contributed by atoms with Crippen LogP contribution in [0.1, 0.15) is 72.0 Å². The van der Waals surface area contributed by atoms with Gasteiger partial charge in [-0.2, -0.15) is 5.26 Å². The topological polar surface area (TPSA) is 79.6 Å². The van der Waals surface area contributed by atoms with Crippen LogP contribution in [-0.4, -0.2) is 37.0 Å². The summed E-state index contributed by atoms with van der Waals surface area (Å²) in [5.41, 5.74) is 7.85. The maximum Gasteiger partial charge on any atom is 0.343 e. The summed E-state index contributed by atoms with van der Waals surface area (Å²) >= 11 is 7.10. The molecule has 0 aromatic heterocycles. The highest BCUT2D eigenvalue weighted by atomic mass is 35.5. The van der Waals surface area contributed by atoms with Crippen LogP contribution in [-0.2, 0) is 19.3 Å². The lowest BCUT2D eigenvalue weighted by molar-refractivity contribution is 0.0682. The van der Waals surface area contributed by atoms with E-state index in [4.69, 9.17) is 26.3 Å². The van der Waals surface area contributed by atoms with E-state index in [1.165, 1.54) is 28.8 Å². The number of esters is 2. The Kier molecular flexibility index (Phi) is 8.03. The summed E-state index contributed by atoms with van der Waals surface area (Å²) in [7, 11) is 2.09. The maximum atomic E-state index is 13.3. The van der Waals surface area contributed by atoms with Crippen LogP contribution < -0.4 is 9.47 Å². The molecule has 4 aromatic carbocycles. The maximum absolute atomic E-state index is 13.3. The van der Waals surface area contributed by atoms with Crippen molar-refractivity contribution in [1.29, 1.82) is 5.26 Å². The fraction of sp³-hybridized carbons (Fsp3) is 0.250. The quantitative estimate of drug-likeness (QED) is 0.183. The number of aryl methyl sites for hydroxylation is 3. The van der Waals surface area contributed by atoms with Crippen LogP contribution in [0.2, 0.25) is 5.02 Å². The fourth-order valence-corrected chi connectivity index (χ4v) is 6.32. The van der Waals surface area contributed by atoms with Gasteiger partial charge in [0.05, 0.1) is 27.8 Å². The average Bonchev–Trinajstić information content (AvgIpc) is 3.42. The molecule has 1 unspecified atom stereocenters. The van der Waals surface area contributed by atoms with E-state index in [0.29, 0.717) is 17.5 Å². The molecule has 1 heterocycles. The molecule has 1 aliphatic heterocycles. The molecule has 6 rings (SSSR count). The number of ether oxygens (including phenoxy) is 2. The highest BCUT2D eigenvalue weighted by Gasteiger charge is 2.31. The zero-order valence-corrected chi connectivity index (χ0v) is 24.9. The Balaban J connectivity index is 1.45. The SMILES string of the molecule is Cc1ccc(C(=O)Oc2c(OC(=O)c3ccc(C#N)cc3)cc3c(c2Cl)CCN(C)CC3c2ccc3c(c2)CCC3)cc1. The average molecular weight is 591 g/mol. The van der Waals surface area contributed by atoms with Crippen molar-refractivity contribution < 1.29 is 19.1 Å². The number of carbonyl (C=O) groups excluding carboxylic acids is 2. The molecule has 0 saturated heterocycles. The Morgan fingerprint density at radius 3 is 2.28 bits per heavy atom. The number of rotatable bonds is 5. The van der Waals surface area contributed by atoms with Crippen molar-refractivity contribution in [3.8, 4) is 17.6 Å². The first kappa shape index (κ1) is 28.7. The fourth-order valence-electron chi connectivity index (χ4n) is 5.98. The van der Waals surface area contributed by atoms with Crippen LogP contribution in [0.4, 0.5) is 0 Å². The van der Waals surface area contributed by atoms with Crippen LogP contribution in [0.15, 0.2) is 72.8 Å². The third-order valence-corrected chi connectivity index (χ3v) is 8.80. The van der Waals surface area contributed by atoms with Gasteiger partial charge in [-0.25, -0.2) is 9.59 Å². The second-order valence-electron chi connectivity index (χ2n) is 11.4. The Labute approximate surface area is 256 Å². The summed E-state index contributed by atoms with van der Waals surface area (Å²) in [6.45, 7) is 3.46. The summed E-state index contributed by atoms with van der Waals surface area (Å²) < 4.78 is 11.8. The molecule has 1 aliphatic carbocycles. The number of likely N-dealkylation sites (N-methyl/N-ethyl adjacent to an activating group) is 1. The molecular weight excluding hydrogens is 560 g/mol. The minimum Gasteiger partial charge on any atom is -0.419 e.